The van der Waals surface area contributed by atoms with Crippen molar-refractivity contribution in [1.82, 2.24) is 10.2 Å². The van der Waals surface area contributed by atoms with Gasteiger partial charge in [0, 0.05) is 31.0 Å². The maximum absolute atomic E-state index is 13.6. The van der Waals surface area contributed by atoms with E-state index >= 15 is 0 Å². The number of carbonyl (C=O) groups excluding carboxylic acids is 4. The molecule has 1 saturated heterocycles. The van der Waals surface area contributed by atoms with Crippen molar-refractivity contribution in [1.29, 1.82) is 0 Å². The highest BCUT2D eigenvalue weighted by atomic mass is 16.2. The monoisotopic (exact) mass is 492 g/mol. The van der Waals surface area contributed by atoms with Crippen LogP contribution in [0.15, 0.2) is 60.7 Å². The molecule has 2 aromatic rings. The minimum atomic E-state index is -0.776. The van der Waals surface area contributed by atoms with Crippen LogP contribution in [0.2, 0.25) is 0 Å². The Morgan fingerprint density at radius 3 is 2.25 bits per heavy atom. The van der Waals surface area contributed by atoms with Gasteiger partial charge in [-0.1, -0.05) is 55.0 Å². The minimum Gasteiger partial charge on any atom is -0.369 e. The van der Waals surface area contributed by atoms with Crippen LogP contribution in [0, 0.1) is 11.8 Å². The zero-order valence-electron chi connectivity index (χ0n) is 20.6. The van der Waals surface area contributed by atoms with Gasteiger partial charge < -0.3 is 21.7 Å². The molecule has 1 aliphatic rings. The van der Waals surface area contributed by atoms with Crippen LogP contribution in [0.25, 0.3) is 0 Å². The topological polar surface area (TPSA) is 136 Å². The van der Waals surface area contributed by atoms with E-state index < -0.39 is 17.9 Å². The Labute approximate surface area is 212 Å². The second-order valence-electron chi connectivity index (χ2n) is 9.41. The van der Waals surface area contributed by atoms with Gasteiger partial charge in [0.2, 0.25) is 11.8 Å². The standard InChI is InChI=1S/C28H36N4O4/c29-15-8-7-13-22(28(36)32-16-14-23(19-32)26(30)34)18-25(33)24(17-20-9-3-1-4-10-20)31-27(35)21-11-5-2-6-12-21/h1-6,9-12,22-24H,7-8,13-19,29H2,(H2,30,34)(H,31,35)/t22-,23?,24+/m1/s1. The summed E-state index contributed by atoms with van der Waals surface area (Å²) in [4.78, 5) is 53.1. The molecule has 8 heteroatoms. The third-order valence-electron chi connectivity index (χ3n) is 6.72. The number of primary amides is 1. The summed E-state index contributed by atoms with van der Waals surface area (Å²) in [6.07, 6.45) is 2.86. The number of hydrogen-bond donors (Lipinski definition) is 3. The van der Waals surface area contributed by atoms with E-state index in [-0.39, 0.29) is 36.5 Å². The molecule has 3 amide bonds. The fourth-order valence-corrected chi connectivity index (χ4v) is 4.61. The number of carbonyl (C=O) groups is 4. The lowest BCUT2D eigenvalue weighted by molar-refractivity contribution is -0.138. The number of nitrogens with zero attached hydrogens (tertiary/aromatic N) is 1. The van der Waals surface area contributed by atoms with Crippen LogP contribution >= 0.6 is 0 Å². The van der Waals surface area contributed by atoms with Crippen LogP contribution in [0.3, 0.4) is 0 Å². The highest BCUT2D eigenvalue weighted by Crippen LogP contribution is 2.24. The number of unbranched alkanes of at least 4 members (excludes halogenated alkanes) is 1. The van der Waals surface area contributed by atoms with E-state index in [1.165, 1.54) is 0 Å². The summed E-state index contributed by atoms with van der Waals surface area (Å²) < 4.78 is 0. The Bertz CT molecular complexity index is 1030. The van der Waals surface area contributed by atoms with Crippen LogP contribution in [0.4, 0.5) is 0 Å². The van der Waals surface area contributed by atoms with Gasteiger partial charge in [-0.25, -0.2) is 0 Å². The summed E-state index contributed by atoms with van der Waals surface area (Å²) in [5.74, 6) is -1.97. The van der Waals surface area contributed by atoms with Crippen LogP contribution in [0.5, 0.6) is 0 Å². The van der Waals surface area contributed by atoms with Crippen LogP contribution in [-0.2, 0) is 20.8 Å². The van der Waals surface area contributed by atoms with E-state index in [9.17, 15) is 19.2 Å². The highest BCUT2D eigenvalue weighted by Gasteiger charge is 2.35. The van der Waals surface area contributed by atoms with E-state index in [1.54, 1.807) is 29.2 Å². The SMILES string of the molecule is NCCCC[C@H](CC(=O)[C@H](Cc1ccccc1)NC(=O)c1ccccc1)C(=O)N1CCC(C(N)=O)C1. The molecular weight excluding hydrogens is 456 g/mol. The number of hydrogen-bond acceptors (Lipinski definition) is 5. The van der Waals surface area contributed by atoms with Crippen molar-refractivity contribution < 1.29 is 19.2 Å². The summed E-state index contributed by atoms with van der Waals surface area (Å²) in [7, 11) is 0. The fourth-order valence-electron chi connectivity index (χ4n) is 4.61. The van der Waals surface area contributed by atoms with Gasteiger partial charge in [0.05, 0.1) is 12.0 Å². The van der Waals surface area contributed by atoms with Crippen LogP contribution < -0.4 is 16.8 Å². The average Bonchev–Trinajstić information content (AvgIpc) is 3.39. The normalized spacial score (nSPS) is 16.8. The fraction of sp³-hybridized carbons (Fsp3) is 0.429. The van der Waals surface area contributed by atoms with Gasteiger partial charge in [-0.05, 0) is 49.9 Å². The van der Waals surface area contributed by atoms with E-state index in [4.69, 9.17) is 11.5 Å². The predicted molar refractivity (Wildman–Crippen MR) is 138 cm³/mol. The molecule has 1 heterocycles. The van der Waals surface area contributed by atoms with Gasteiger partial charge in [-0.15, -0.1) is 0 Å². The maximum Gasteiger partial charge on any atom is 0.251 e. The molecule has 3 rings (SSSR count). The first-order valence-corrected chi connectivity index (χ1v) is 12.6. The first kappa shape index (κ1) is 27.1. The molecule has 0 saturated carbocycles. The zero-order valence-corrected chi connectivity index (χ0v) is 20.6. The average molecular weight is 493 g/mol. The van der Waals surface area contributed by atoms with Gasteiger partial charge in [0.25, 0.3) is 5.91 Å². The second kappa shape index (κ2) is 13.5. The molecule has 1 unspecified atom stereocenters. The van der Waals surface area contributed by atoms with E-state index in [0.717, 1.165) is 12.0 Å². The quantitative estimate of drug-likeness (QED) is 0.368. The van der Waals surface area contributed by atoms with E-state index in [2.05, 4.69) is 5.32 Å². The van der Waals surface area contributed by atoms with Crippen molar-refractivity contribution in [3.05, 3.63) is 71.8 Å². The van der Waals surface area contributed by atoms with Crippen LogP contribution in [-0.4, -0.2) is 54.1 Å². The number of benzene rings is 2. The van der Waals surface area contributed by atoms with Crippen molar-refractivity contribution in [3.63, 3.8) is 0 Å². The van der Waals surface area contributed by atoms with Crippen molar-refractivity contribution in [2.45, 2.75) is 44.6 Å². The Kier molecular flexibility index (Phi) is 10.2. The Morgan fingerprint density at radius 1 is 0.972 bits per heavy atom. The molecular formula is C28H36N4O4. The third kappa shape index (κ3) is 7.75. The molecule has 192 valence electrons. The molecule has 0 aliphatic carbocycles. The molecule has 36 heavy (non-hydrogen) atoms. The minimum absolute atomic E-state index is 0.00765. The van der Waals surface area contributed by atoms with Crippen molar-refractivity contribution in [2.75, 3.05) is 19.6 Å². The molecule has 0 aromatic heterocycles. The molecule has 1 aliphatic heterocycles. The molecule has 0 bridgehead atoms. The number of likely N-dealkylation sites (tertiary alicyclic amines) is 1. The summed E-state index contributed by atoms with van der Waals surface area (Å²) in [6.45, 7) is 1.24. The van der Waals surface area contributed by atoms with Crippen molar-refractivity contribution in [3.8, 4) is 0 Å². The second-order valence-corrected chi connectivity index (χ2v) is 9.41. The first-order valence-electron chi connectivity index (χ1n) is 12.6. The number of Topliss-reactive ketones (excluding diaryl/α,β-unsaturated/α-hetero) is 1. The molecule has 3 atom stereocenters. The number of ketones is 1. The molecule has 0 spiro atoms. The largest absolute Gasteiger partial charge is 0.369 e. The summed E-state index contributed by atoms with van der Waals surface area (Å²) in [5, 5.41) is 2.89. The smallest absolute Gasteiger partial charge is 0.251 e. The molecule has 8 nitrogen and oxygen atoms in total. The summed E-state index contributed by atoms with van der Waals surface area (Å²) in [6, 6.07) is 17.5. The predicted octanol–water partition coefficient (Wildman–Crippen LogP) is 2.07. The van der Waals surface area contributed by atoms with Gasteiger partial charge in [0.1, 0.15) is 0 Å². The molecule has 5 N–H and O–H groups in total. The number of amides is 3. The number of rotatable bonds is 13. The van der Waals surface area contributed by atoms with Crippen molar-refractivity contribution >= 4 is 23.5 Å². The van der Waals surface area contributed by atoms with Crippen LogP contribution in [0.1, 0.15) is 48.0 Å². The zero-order chi connectivity index (χ0) is 25.9. The molecule has 1 fully saturated rings. The van der Waals surface area contributed by atoms with Gasteiger partial charge in [-0.3, -0.25) is 19.2 Å². The number of nitrogens with one attached hydrogen (secondary N) is 1. The lowest BCUT2D eigenvalue weighted by Gasteiger charge is -2.25. The highest BCUT2D eigenvalue weighted by molar-refractivity contribution is 5.98. The van der Waals surface area contributed by atoms with E-state index in [1.807, 2.05) is 36.4 Å². The van der Waals surface area contributed by atoms with Gasteiger partial charge in [-0.2, -0.15) is 0 Å². The van der Waals surface area contributed by atoms with Crippen molar-refractivity contribution in [2.24, 2.45) is 23.3 Å². The summed E-state index contributed by atoms with van der Waals surface area (Å²) in [5.41, 5.74) is 12.5. The van der Waals surface area contributed by atoms with E-state index in [0.29, 0.717) is 44.3 Å². The Balaban J connectivity index is 1.76. The Morgan fingerprint density at radius 2 is 1.64 bits per heavy atom. The first-order chi connectivity index (χ1) is 17.4. The lowest BCUT2D eigenvalue weighted by atomic mass is 9.90. The summed E-state index contributed by atoms with van der Waals surface area (Å²) >= 11 is 0. The Hall–Kier alpha value is -3.52. The number of nitrogens with two attached hydrogens (primary N) is 2. The molecule has 2 aromatic carbocycles. The molecule has 0 radical (unpaired) electrons. The maximum atomic E-state index is 13.6. The third-order valence-corrected chi connectivity index (χ3v) is 6.72. The lowest BCUT2D eigenvalue weighted by Crippen LogP contribution is -2.44. The van der Waals surface area contributed by atoms with Gasteiger partial charge >= 0.3 is 0 Å². The van der Waals surface area contributed by atoms with Gasteiger partial charge in [0.15, 0.2) is 5.78 Å².